The first-order valence-corrected chi connectivity index (χ1v) is 7.79. The van der Waals surface area contributed by atoms with Crippen molar-refractivity contribution < 1.29 is 14.2 Å². The van der Waals surface area contributed by atoms with Crippen molar-refractivity contribution in [3.05, 3.63) is 29.8 Å². The molecule has 0 aliphatic carbocycles. The molecule has 1 rings (SSSR count). The van der Waals surface area contributed by atoms with Gasteiger partial charge < -0.3 is 14.2 Å². The molecule has 0 saturated carbocycles. The highest BCUT2D eigenvalue weighted by Crippen LogP contribution is 2.16. The molecule has 0 aliphatic rings. The molecule has 0 aliphatic heterocycles. The summed E-state index contributed by atoms with van der Waals surface area (Å²) in [5, 5.41) is 0. The first-order chi connectivity index (χ1) is 8.76. The van der Waals surface area contributed by atoms with Crippen molar-refractivity contribution in [1.82, 2.24) is 0 Å². The molecule has 4 heteroatoms. The Morgan fingerprint density at radius 3 is 2.89 bits per heavy atom. The molecule has 1 aromatic rings. The van der Waals surface area contributed by atoms with Crippen LogP contribution in [-0.2, 0) is 16.1 Å². The van der Waals surface area contributed by atoms with Gasteiger partial charge in [0.2, 0.25) is 0 Å². The van der Waals surface area contributed by atoms with E-state index in [2.05, 4.69) is 22.6 Å². The van der Waals surface area contributed by atoms with Crippen LogP contribution in [0.5, 0.6) is 5.75 Å². The zero-order valence-electron chi connectivity index (χ0n) is 11.0. The number of benzene rings is 1. The fourth-order valence-electron chi connectivity index (χ4n) is 1.52. The van der Waals surface area contributed by atoms with E-state index in [0.717, 1.165) is 28.8 Å². The summed E-state index contributed by atoms with van der Waals surface area (Å²) >= 11 is 2.35. The van der Waals surface area contributed by atoms with Crippen molar-refractivity contribution in [3.63, 3.8) is 0 Å². The molecule has 0 saturated heterocycles. The zero-order chi connectivity index (χ0) is 13.2. The number of hydrogen-bond donors (Lipinski definition) is 0. The minimum Gasteiger partial charge on any atom is -0.465 e. The SMILES string of the molecule is CCOC(C)Oc1cccc(COCCCI)c1. The van der Waals surface area contributed by atoms with Gasteiger partial charge in [-0.2, -0.15) is 0 Å². The first-order valence-electron chi connectivity index (χ1n) is 6.27. The van der Waals surface area contributed by atoms with Crippen molar-refractivity contribution in [2.24, 2.45) is 0 Å². The number of ether oxygens (including phenoxy) is 3. The summed E-state index contributed by atoms with van der Waals surface area (Å²) in [5.41, 5.74) is 1.13. The van der Waals surface area contributed by atoms with E-state index in [-0.39, 0.29) is 6.29 Å². The Kier molecular flexibility index (Phi) is 8.37. The van der Waals surface area contributed by atoms with Crippen LogP contribution in [-0.4, -0.2) is 23.9 Å². The maximum absolute atomic E-state index is 5.64. The van der Waals surface area contributed by atoms with Gasteiger partial charge in [-0.3, -0.25) is 0 Å². The van der Waals surface area contributed by atoms with Crippen LogP contribution >= 0.6 is 22.6 Å². The highest BCUT2D eigenvalue weighted by molar-refractivity contribution is 14.1. The third-order valence-electron chi connectivity index (χ3n) is 2.29. The Bertz CT molecular complexity index is 331. The molecule has 0 heterocycles. The van der Waals surface area contributed by atoms with Crippen molar-refractivity contribution in [3.8, 4) is 5.75 Å². The standard InChI is InChI=1S/C14H21IO3/c1-3-17-12(2)18-14-7-4-6-13(10-14)11-16-9-5-8-15/h4,6-7,10,12H,3,5,8-9,11H2,1-2H3. The van der Waals surface area contributed by atoms with E-state index < -0.39 is 0 Å². The number of hydrogen-bond acceptors (Lipinski definition) is 3. The van der Waals surface area contributed by atoms with E-state index in [0.29, 0.717) is 13.2 Å². The van der Waals surface area contributed by atoms with Crippen molar-refractivity contribution in [2.45, 2.75) is 33.2 Å². The van der Waals surface area contributed by atoms with Crippen LogP contribution in [0.2, 0.25) is 0 Å². The second kappa shape index (κ2) is 9.58. The summed E-state index contributed by atoms with van der Waals surface area (Å²) in [7, 11) is 0. The van der Waals surface area contributed by atoms with Gasteiger partial charge in [0, 0.05) is 17.6 Å². The largest absolute Gasteiger partial charge is 0.465 e. The molecular formula is C14H21IO3. The first kappa shape index (κ1) is 15.7. The van der Waals surface area contributed by atoms with Crippen LogP contribution in [0.25, 0.3) is 0 Å². The quantitative estimate of drug-likeness (QED) is 0.289. The summed E-state index contributed by atoms with van der Waals surface area (Å²) in [6.45, 7) is 5.95. The molecule has 0 amide bonds. The van der Waals surface area contributed by atoms with E-state index in [1.807, 2.05) is 38.1 Å². The number of rotatable bonds is 9. The minimum atomic E-state index is -0.217. The van der Waals surface area contributed by atoms with Crippen LogP contribution in [0.15, 0.2) is 24.3 Å². The minimum absolute atomic E-state index is 0.217. The topological polar surface area (TPSA) is 27.7 Å². The molecule has 0 fully saturated rings. The van der Waals surface area contributed by atoms with Crippen LogP contribution < -0.4 is 4.74 Å². The van der Waals surface area contributed by atoms with Crippen LogP contribution in [0, 0.1) is 0 Å². The summed E-state index contributed by atoms with van der Waals surface area (Å²) < 4.78 is 17.7. The van der Waals surface area contributed by atoms with E-state index in [1.165, 1.54) is 0 Å². The van der Waals surface area contributed by atoms with Gasteiger partial charge in [-0.15, -0.1) is 0 Å². The third-order valence-corrected chi connectivity index (χ3v) is 3.06. The molecule has 3 nitrogen and oxygen atoms in total. The second-order valence-electron chi connectivity index (χ2n) is 3.88. The molecule has 18 heavy (non-hydrogen) atoms. The van der Waals surface area contributed by atoms with Gasteiger partial charge in [-0.1, -0.05) is 34.7 Å². The molecule has 0 aromatic heterocycles. The van der Waals surface area contributed by atoms with Crippen molar-refractivity contribution in [2.75, 3.05) is 17.6 Å². The predicted octanol–water partition coefficient (Wildman–Crippen LogP) is 3.79. The summed E-state index contributed by atoms with van der Waals surface area (Å²) in [6, 6.07) is 7.96. The lowest BCUT2D eigenvalue weighted by molar-refractivity contribution is -0.0614. The Morgan fingerprint density at radius 1 is 1.33 bits per heavy atom. The molecule has 0 radical (unpaired) electrons. The molecule has 0 N–H and O–H groups in total. The Morgan fingerprint density at radius 2 is 2.17 bits per heavy atom. The molecular weight excluding hydrogens is 343 g/mol. The van der Waals surface area contributed by atoms with E-state index >= 15 is 0 Å². The summed E-state index contributed by atoms with van der Waals surface area (Å²) in [4.78, 5) is 0. The summed E-state index contributed by atoms with van der Waals surface area (Å²) in [6.07, 6.45) is 0.878. The third kappa shape index (κ3) is 6.56. The molecule has 102 valence electrons. The van der Waals surface area contributed by atoms with Gasteiger partial charge in [-0.25, -0.2) is 0 Å². The van der Waals surface area contributed by atoms with Crippen molar-refractivity contribution >= 4 is 22.6 Å². The van der Waals surface area contributed by atoms with Crippen molar-refractivity contribution in [1.29, 1.82) is 0 Å². The number of alkyl halides is 1. The summed E-state index contributed by atoms with van der Waals surface area (Å²) in [5.74, 6) is 0.825. The molecule has 1 aromatic carbocycles. The Labute approximate surface area is 123 Å². The number of halogens is 1. The maximum Gasteiger partial charge on any atom is 0.196 e. The second-order valence-corrected chi connectivity index (χ2v) is 4.96. The Hall–Kier alpha value is -0.330. The molecule has 1 atom stereocenters. The van der Waals surface area contributed by atoms with E-state index in [1.54, 1.807) is 0 Å². The van der Waals surface area contributed by atoms with Crippen LogP contribution in [0.3, 0.4) is 0 Å². The zero-order valence-corrected chi connectivity index (χ0v) is 13.2. The molecule has 0 bridgehead atoms. The van der Waals surface area contributed by atoms with Gasteiger partial charge in [0.25, 0.3) is 0 Å². The average Bonchev–Trinajstić information content (AvgIpc) is 2.35. The molecule has 1 unspecified atom stereocenters. The van der Waals surface area contributed by atoms with E-state index in [9.17, 15) is 0 Å². The normalized spacial score (nSPS) is 12.4. The lowest BCUT2D eigenvalue weighted by Gasteiger charge is -2.15. The van der Waals surface area contributed by atoms with E-state index in [4.69, 9.17) is 14.2 Å². The highest BCUT2D eigenvalue weighted by Gasteiger charge is 2.03. The smallest absolute Gasteiger partial charge is 0.196 e. The predicted molar refractivity (Wildman–Crippen MR) is 81.3 cm³/mol. The monoisotopic (exact) mass is 364 g/mol. The maximum atomic E-state index is 5.64. The van der Waals surface area contributed by atoms with Gasteiger partial charge in [0.15, 0.2) is 6.29 Å². The fraction of sp³-hybridized carbons (Fsp3) is 0.571. The van der Waals surface area contributed by atoms with Gasteiger partial charge in [-0.05, 0) is 38.0 Å². The van der Waals surface area contributed by atoms with Gasteiger partial charge in [0.05, 0.1) is 6.61 Å². The van der Waals surface area contributed by atoms with Gasteiger partial charge in [0.1, 0.15) is 5.75 Å². The lowest BCUT2D eigenvalue weighted by Crippen LogP contribution is -2.15. The highest BCUT2D eigenvalue weighted by atomic mass is 127. The van der Waals surface area contributed by atoms with Gasteiger partial charge >= 0.3 is 0 Å². The van der Waals surface area contributed by atoms with Crippen LogP contribution in [0.4, 0.5) is 0 Å². The van der Waals surface area contributed by atoms with Crippen LogP contribution in [0.1, 0.15) is 25.8 Å². The Balaban J connectivity index is 2.41. The average molecular weight is 364 g/mol. The lowest BCUT2D eigenvalue weighted by atomic mass is 10.2. The molecule has 0 spiro atoms. The fourth-order valence-corrected chi connectivity index (χ4v) is 1.83.